The first kappa shape index (κ1) is 19.3. The molecular formula is C22H25ClN6O. The number of amidine groups is 1. The molecule has 1 aromatic carbocycles. The van der Waals surface area contributed by atoms with E-state index in [1.807, 2.05) is 44.3 Å². The lowest BCUT2D eigenvalue weighted by atomic mass is 10.0. The molecule has 2 aliphatic rings. The number of fused-ring (bicyclic) bond motifs is 1. The van der Waals surface area contributed by atoms with E-state index >= 15 is 0 Å². The number of anilines is 1. The summed E-state index contributed by atoms with van der Waals surface area (Å²) in [6.45, 7) is 5.58. The number of β-amino-alcohol motifs (C(OH)–C–C–N with tert-alkyl or cyclic N) is 1. The Kier molecular flexibility index (Phi) is 4.67. The largest absolute Gasteiger partial charge is 0.386 e. The first-order chi connectivity index (χ1) is 14.4. The Labute approximate surface area is 180 Å². The van der Waals surface area contributed by atoms with Gasteiger partial charge < -0.3 is 19.5 Å². The van der Waals surface area contributed by atoms with Crippen molar-refractivity contribution in [1.29, 1.82) is 0 Å². The molecule has 1 atom stereocenters. The van der Waals surface area contributed by atoms with E-state index in [1.165, 1.54) is 0 Å². The van der Waals surface area contributed by atoms with E-state index < -0.39 is 5.60 Å². The number of rotatable bonds is 4. The van der Waals surface area contributed by atoms with Gasteiger partial charge in [-0.25, -0.2) is 9.97 Å². The highest BCUT2D eigenvalue weighted by molar-refractivity contribution is 6.33. The van der Waals surface area contributed by atoms with Crippen LogP contribution >= 0.6 is 11.6 Å². The van der Waals surface area contributed by atoms with E-state index in [0.29, 0.717) is 24.5 Å². The lowest BCUT2D eigenvalue weighted by molar-refractivity contribution is 0.0426. The van der Waals surface area contributed by atoms with Crippen LogP contribution in [0.25, 0.3) is 22.4 Å². The average molecular weight is 425 g/mol. The van der Waals surface area contributed by atoms with E-state index in [2.05, 4.69) is 24.3 Å². The van der Waals surface area contributed by atoms with E-state index in [0.717, 1.165) is 53.7 Å². The fourth-order valence-corrected chi connectivity index (χ4v) is 4.67. The van der Waals surface area contributed by atoms with Gasteiger partial charge in [-0.15, -0.1) is 0 Å². The number of aryl methyl sites for hydroxylation is 1. The Hall–Kier alpha value is -2.64. The maximum Gasteiger partial charge on any atom is 0.142 e. The van der Waals surface area contributed by atoms with Crippen LogP contribution in [-0.4, -0.2) is 68.7 Å². The number of aliphatic imine (C=N–C) groups is 1. The van der Waals surface area contributed by atoms with Gasteiger partial charge in [-0.2, -0.15) is 0 Å². The number of nitrogens with zero attached hydrogens (tertiary/aromatic N) is 6. The fourth-order valence-electron chi connectivity index (χ4n) is 4.48. The topological polar surface area (TPSA) is 69.8 Å². The average Bonchev–Trinajstić information content (AvgIpc) is 3.41. The van der Waals surface area contributed by atoms with Crippen molar-refractivity contribution in [3.05, 3.63) is 41.6 Å². The van der Waals surface area contributed by atoms with Crippen LogP contribution in [0.4, 0.5) is 5.82 Å². The Bertz CT molecular complexity index is 1140. The van der Waals surface area contributed by atoms with E-state index in [9.17, 15) is 5.11 Å². The summed E-state index contributed by atoms with van der Waals surface area (Å²) in [5.74, 6) is 2.63. The summed E-state index contributed by atoms with van der Waals surface area (Å²) in [7, 11) is 2.00. The van der Waals surface area contributed by atoms with Gasteiger partial charge in [0.2, 0.25) is 0 Å². The molecule has 8 heteroatoms. The first-order valence-electron chi connectivity index (χ1n) is 10.2. The number of imidazole rings is 1. The minimum absolute atomic E-state index is 0.535. The molecule has 0 amide bonds. The molecule has 1 unspecified atom stereocenters. The maximum absolute atomic E-state index is 11.2. The molecule has 1 saturated heterocycles. The molecule has 0 saturated carbocycles. The smallest absolute Gasteiger partial charge is 0.142 e. The highest BCUT2D eigenvalue weighted by atomic mass is 35.5. The highest BCUT2D eigenvalue weighted by Gasteiger charge is 2.39. The Morgan fingerprint density at radius 1 is 1.23 bits per heavy atom. The van der Waals surface area contributed by atoms with Crippen molar-refractivity contribution in [3.63, 3.8) is 0 Å². The van der Waals surface area contributed by atoms with E-state index in [1.54, 1.807) is 6.20 Å². The Morgan fingerprint density at radius 3 is 2.83 bits per heavy atom. The summed E-state index contributed by atoms with van der Waals surface area (Å²) in [4.78, 5) is 18.1. The summed E-state index contributed by atoms with van der Waals surface area (Å²) in [5, 5.41) is 11.7. The Morgan fingerprint density at radius 2 is 2.07 bits per heavy atom. The third-order valence-corrected chi connectivity index (χ3v) is 6.48. The molecular weight excluding hydrogens is 400 g/mol. The third kappa shape index (κ3) is 3.32. The zero-order chi connectivity index (χ0) is 20.9. The van der Waals surface area contributed by atoms with Crippen LogP contribution in [0.5, 0.6) is 0 Å². The van der Waals surface area contributed by atoms with Gasteiger partial charge in [0.25, 0.3) is 0 Å². The summed E-state index contributed by atoms with van der Waals surface area (Å²) in [6, 6.07) is 10.0. The molecule has 3 aromatic rings. The van der Waals surface area contributed by atoms with Crippen molar-refractivity contribution < 1.29 is 5.11 Å². The molecule has 7 nitrogen and oxygen atoms in total. The van der Waals surface area contributed by atoms with Crippen LogP contribution in [0.3, 0.4) is 0 Å². The zero-order valence-electron chi connectivity index (χ0n) is 17.2. The van der Waals surface area contributed by atoms with Gasteiger partial charge in [-0.1, -0.05) is 23.7 Å². The molecule has 30 heavy (non-hydrogen) atoms. The molecule has 2 aliphatic heterocycles. The van der Waals surface area contributed by atoms with Gasteiger partial charge in [-0.05, 0) is 31.5 Å². The lowest BCUT2D eigenvalue weighted by Crippen LogP contribution is -2.46. The molecule has 156 valence electrons. The number of hydrogen-bond donors (Lipinski definition) is 1. The van der Waals surface area contributed by atoms with Crippen LogP contribution in [0.15, 0.2) is 41.5 Å². The summed E-state index contributed by atoms with van der Waals surface area (Å²) >= 11 is 6.52. The van der Waals surface area contributed by atoms with Crippen molar-refractivity contribution in [3.8, 4) is 11.4 Å². The molecule has 0 aliphatic carbocycles. The number of benzene rings is 1. The predicted octanol–water partition coefficient (Wildman–Crippen LogP) is 2.96. The Balaban J connectivity index is 1.42. The van der Waals surface area contributed by atoms with Crippen LogP contribution in [-0.2, 0) is 7.05 Å². The number of aromatic nitrogens is 3. The van der Waals surface area contributed by atoms with Gasteiger partial charge in [0, 0.05) is 45.0 Å². The number of pyridine rings is 1. The zero-order valence-corrected chi connectivity index (χ0v) is 18.0. The minimum atomic E-state index is -0.777. The third-order valence-electron chi connectivity index (χ3n) is 6.18. The summed E-state index contributed by atoms with van der Waals surface area (Å²) in [5.41, 5.74) is 2.06. The first-order valence-corrected chi connectivity index (χ1v) is 10.6. The molecule has 1 fully saturated rings. The molecule has 0 spiro atoms. The second-order valence-electron chi connectivity index (χ2n) is 8.25. The SMILES string of the molecule is CC1=NCCN1CC1(O)CCN(c2cc(-c3nc4ccccc4n3C)c(Cl)cn2)C1. The molecule has 0 bridgehead atoms. The minimum Gasteiger partial charge on any atom is -0.386 e. The van der Waals surface area contributed by atoms with E-state index in [4.69, 9.17) is 16.6 Å². The van der Waals surface area contributed by atoms with Crippen molar-refractivity contribution in [1.82, 2.24) is 19.4 Å². The molecule has 5 rings (SSSR count). The van der Waals surface area contributed by atoms with Crippen molar-refractivity contribution in [2.45, 2.75) is 18.9 Å². The van der Waals surface area contributed by atoms with E-state index in [-0.39, 0.29) is 0 Å². The van der Waals surface area contributed by atoms with Gasteiger partial charge >= 0.3 is 0 Å². The summed E-state index contributed by atoms with van der Waals surface area (Å²) < 4.78 is 2.05. The molecule has 1 N–H and O–H groups in total. The fraction of sp³-hybridized carbons (Fsp3) is 0.409. The monoisotopic (exact) mass is 424 g/mol. The second-order valence-corrected chi connectivity index (χ2v) is 8.66. The molecule has 4 heterocycles. The van der Waals surface area contributed by atoms with Crippen molar-refractivity contribution in [2.75, 3.05) is 37.6 Å². The maximum atomic E-state index is 11.2. The molecule has 2 aromatic heterocycles. The van der Waals surface area contributed by atoms with Gasteiger partial charge in [0.05, 0.1) is 28.4 Å². The van der Waals surface area contributed by atoms with Crippen LogP contribution < -0.4 is 4.90 Å². The van der Waals surface area contributed by atoms with Gasteiger partial charge in [-0.3, -0.25) is 4.99 Å². The number of hydrogen-bond acceptors (Lipinski definition) is 6. The normalized spacial score (nSPS) is 21.7. The van der Waals surface area contributed by atoms with Crippen molar-refractivity contribution >= 4 is 34.3 Å². The quantitative estimate of drug-likeness (QED) is 0.697. The lowest BCUT2D eigenvalue weighted by Gasteiger charge is -2.30. The standard InChI is InChI=1S/C22H25ClN6O/c1-15-24-8-10-28(15)13-22(30)7-9-29(14-22)20-11-16(17(23)12-25-20)21-26-18-5-3-4-6-19(18)27(21)2/h3-6,11-12,30H,7-10,13-14H2,1-2H3. The van der Waals surface area contributed by atoms with Gasteiger partial charge in [0.1, 0.15) is 17.2 Å². The second kappa shape index (κ2) is 7.25. The van der Waals surface area contributed by atoms with Crippen molar-refractivity contribution in [2.24, 2.45) is 12.0 Å². The number of para-hydroxylation sites is 2. The van der Waals surface area contributed by atoms with Crippen LogP contribution in [0, 0.1) is 0 Å². The summed E-state index contributed by atoms with van der Waals surface area (Å²) in [6.07, 6.45) is 2.38. The number of halogens is 1. The van der Waals surface area contributed by atoms with Gasteiger partial charge in [0.15, 0.2) is 0 Å². The number of aliphatic hydroxyl groups is 1. The van der Waals surface area contributed by atoms with Crippen LogP contribution in [0.1, 0.15) is 13.3 Å². The predicted molar refractivity (Wildman–Crippen MR) is 120 cm³/mol. The highest BCUT2D eigenvalue weighted by Crippen LogP contribution is 2.34. The molecule has 0 radical (unpaired) electrons. The van der Waals surface area contributed by atoms with Crippen LogP contribution in [0.2, 0.25) is 5.02 Å².